The van der Waals surface area contributed by atoms with Gasteiger partial charge in [0.05, 0.1) is 25.7 Å². The molecule has 0 aromatic heterocycles. The van der Waals surface area contributed by atoms with Gasteiger partial charge in [-0.1, -0.05) is 0 Å². The first-order chi connectivity index (χ1) is 8.12. The summed E-state index contributed by atoms with van der Waals surface area (Å²) < 4.78 is 9.96. The Bertz CT molecular complexity index is 460. The Labute approximate surface area is 101 Å². The lowest BCUT2D eigenvalue weighted by Gasteiger charge is -2.09. The van der Waals surface area contributed by atoms with Crippen molar-refractivity contribution in [1.29, 1.82) is 5.26 Å². The number of aryl methyl sites for hydroxylation is 1. The third-order valence-electron chi connectivity index (χ3n) is 2.42. The van der Waals surface area contributed by atoms with Crippen molar-refractivity contribution in [2.75, 3.05) is 13.7 Å². The molecule has 1 aromatic carbocycles. The molecule has 0 fully saturated rings. The van der Waals surface area contributed by atoms with Crippen LogP contribution in [0.3, 0.4) is 0 Å². The van der Waals surface area contributed by atoms with Crippen molar-refractivity contribution in [3.05, 3.63) is 28.8 Å². The van der Waals surface area contributed by atoms with Gasteiger partial charge in [-0.05, 0) is 37.1 Å². The van der Waals surface area contributed by atoms with Crippen LogP contribution >= 0.6 is 0 Å². The van der Waals surface area contributed by atoms with Gasteiger partial charge in [0.25, 0.3) is 0 Å². The molecule has 0 saturated carbocycles. The predicted molar refractivity (Wildman–Crippen MR) is 62.8 cm³/mol. The maximum absolute atomic E-state index is 11.4. The van der Waals surface area contributed by atoms with Crippen molar-refractivity contribution in [3.63, 3.8) is 0 Å². The molecule has 0 amide bonds. The average Bonchev–Trinajstić information content (AvgIpc) is 2.31. The van der Waals surface area contributed by atoms with Gasteiger partial charge in [-0.25, -0.2) is 0 Å². The van der Waals surface area contributed by atoms with Crippen LogP contribution in [-0.4, -0.2) is 19.7 Å². The number of benzene rings is 1. The molecule has 1 rings (SSSR count). The Morgan fingerprint density at radius 3 is 2.71 bits per heavy atom. The van der Waals surface area contributed by atoms with E-state index in [0.717, 1.165) is 11.1 Å². The molecule has 4 nitrogen and oxygen atoms in total. The number of rotatable bonds is 4. The number of esters is 1. The molecular weight excluding hydrogens is 218 g/mol. The van der Waals surface area contributed by atoms with Gasteiger partial charge in [0.2, 0.25) is 0 Å². The molecule has 0 heterocycles. The average molecular weight is 233 g/mol. The fourth-order valence-electron chi connectivity index (χ4n) is 1.54. The van der Waals surface area contributed by atoms with E-state index in [2.05, 4.69) is 0 Å². The number of ether oxygens (including phenoxy) is 2. The SMILES string of the molecule is CCOC(=O)Cc1cc(C#N)c(OC)cc1C. The zero-order valence-corrected chi connectivity index (χ0v) is 10.2. The second kappa shape index (κ2) is 5.90. The lowest BCUT2D eigenvalue weighted by Crippen LogP contribution is -2.09. The molecule has 0 aliphatic heterocycles. The van der Waals surface area contributed by atoms with Gasteiger partial charge in [0.1, 0.15) is 11.8 Å². The van der Waals surface area contributed by atoms with E-state index in [1.807, 2.05) is 13.0 Å². The van der Waals surface area contributed by atoms with Crippen molar-refractivity contribution in [3.8, 4) is 11.8 Å². The van der Waals surface area contributed by atoms with Crippen LogP contribution < -0.4 is 4.74 Å². The van der Waals surface area contributed by atoms with Gasteiger partial charge in [-0.15, -0.1) is 0 Å². The standard InChI is InChI=1S/C13H15NO3/c1-4-17-13(15)7-10-6-11(8-14)12(16-3)5-9(10)2/h5-6H,4,7H2,1-3H3. The fraction of sp³-hybridized carbons (Fsp3) is 0.385. The van der Waals surface area contributed by atoms with Crippen LogP contribution in [-0.2, 0) is 16.0 Å². The maximum Gasteiger partial charge on any atom is 0.310 e. The summed E-state index contributed by atoms with van der Waals surface area (Å²) in [5.41, 5.74) is 2.13. The number of methoxy groups -OCH3 is 1. The van der Waals surface area contributed by atoms with Crippen molar-refractivity contribution in [1.82, 2.24) is 0 Å². The van der Waals surface area contributed by atoms with Crippen LogP contribution in [0.15, 0.2) is 12.1 Å². The molecule has 0 N–H and O–H groups in total. The highest BCUT2D eigenvalue weighted by Gasteiger charge is 2.11. The predicted octanol–water partition coefficient (Wildman–Crippen LogP) is 1.98. The molecular formula is C13H15NO3. The van der Waals surface area contributed by atoms with E-state index in [0.29, 0.717) is 17.9 Å². The minimum Gasteiger partial charge on any atom is -0.495 e. The van der Waals surface area contributed by atoms with Crippen LogP contribution in [0.1, 0.15) is 23.6 Å². The largest absolute Gasteiger partial charge is 0.495 e. The summed E-state index contributed by atoms with van der Waals surface area (Å²) in [4.78, 5) is 11.4. The van der Waals surface area contributed by atoms with E-state index < -0.39 is 0 Å². The zero-order chi connectivity index (χ0) is 12.8. The van der Waals surface area contributed by atoms with Gasteiger partial charge in [0.15, 0.2) is 0 Å². The first kappa shape index (κ1) is 13.0. The third-order valence-corrected chi connectivity index (χ3v) is 2.42. The number of carbonyl (C=O) groups excluding carboxylic acids is 1. The normalized spacial score (nSPS) is 9.53. The van der Waals surface area contributed by atoms with Crippen LogP contribution in [0.4, 0.5) is 0 Å². The molecule has 0 saturated heterocycles. The summed E-state index contributed by atoms with van der Waals surface area (Å²) in [5, 5.41) is 8.96. The Morgan fingerprint density at radius 2 is 2.18 bits per heavy atom. The minimum atomic E-state index is -0.287. The van der Waals surface area contributed by atoms with Crippen LogP contribution in [0.5, 0.6) is 5.75 Å². The molecule has 0 aliphatic carbocycles. The van der Waals surface area contributed by atoms with Crippen molar-refractivity contribution in [2.45, 2.75) is 20.3 Å². The molecule has 1 aromatic rings. The third kappa shape index (κ3) is 3.22. The Balaban J connectivity index is 3.01. The summed E-state index contributed by atoms with van der Waals surface area (Å²) >= 11 is 0. The van der Waals surface area contributed by atoms with Gasteiger partial charge in [-0.2, -0.15) is 5.26 Å². The molecule has 17 heavy (non-hydrogen) atoms. The number of hydrogen-bond acceptors (Lipinski definition) is 4. The smallest absolute Gasteiger partial charge is 0.310 e. The Morgan fingerprint density at radius 1 is 1.47 bits per heavy atom. The number of nitriles is 1. The molecule has 90 valence electrons. The first-order valence-corrected chi connectivity index (χ1v) is 5.35. The van der Waals surface area contributed by atoms with Crippen LogP contribution in [0.25, 0.3) is 0 Å². The Kier molecular flexibility index (Phi) is 4.53. The van der Waals surface area contributed by atoms with Crippen molar-refractivity contribution >= 4 is 5.97 Å². The second-order valence-electron chi connectivity index (χ2n) is 3.57. The molecule has 4 heteroatoms. The summed E-state index contributed by atoms with van der Waals surface area (Å²) in [5.74, 6) is 0.238. The van der Waals surface area contributed by atoms with E-state index in [1.165, 1.54) is 7.11 Å². The number of carbonyl (C=O) groups is 1. The van der Waals surface area contributed by atoms with Crippen LogP contribution in [0, 0.1) is 18.3 Å². The van der Waals surface area contributed by atoms with Gasteiger partial charge < -0.3 is 9.47 Å². The molecule has 0 spiro atoms. The first-order valence-electron chi connectivity index (χ1n) is 5.35. The minimum absolute atomic E-state index is 0.179. The monoisotopic (exact) mass is 233 g/mol. The highest BCUT2D eigenvalue weighted by atomic mass is 16.5. The van der Waals surface area contributed by atoms with Crippen molar-refractivity contribution < 1.29 is 14.3 Å². The quantitative estimate of drug-likeness (QED) is 0.746. The van der Waals surface area contributed by atoms with Gasteiger partial charge in [0, 0.05) is 0 Å². The summed E-state index contributed by atoms with van der Waals surface area (Å²) in [6.07, 6.45) is 0.179. The Hall–Kier alpha value is -2.02. The second-order valence-corrected chi connectivity index (χ2v) is 3.57. The zero-order valence-electron chi connectivity index (χ0n) is 10.2. The molecule has 0 atom stereocenters. The van der Waals surface area contributed by atoms with E-state index in [4.69, 9.17) is 14.7 Å². The highest BCUT2D eigenvalue weighted by Crippen LogP contribution is 2.23. The molecule has 0 unspecified atom stereocenters. The van der Waals surface area contributed by atoms with E-state index in [-0.39, 0.29) is 12.4 Å². The lowest BCUT2D eigenvalue weighted by molar-refractivity contribution is -0.142. The highest BCUT2D eigenvalue weighted by molar-refractivity contribution is 5.73. The molecule has 0 radical (unpaired) electrons. The van der Waals surface area contributed by atoms with E-state index in [1.54, 1.807) is 19.1 Å². The number of nitrogens with zero attached hydrogens (tertiary/aromatic N) is 1. The summed E-state index contributed by atoms with van der Waals surface area (Å²) in [7, 11) is 1.51. The topological polar surface area (TPSA) is 59.3 Å². The summed E-state index contributed by atoms with van der Waals surface area (Å²) in [6.45, 7) is 4.00. The lowest BCUT2D eigenvalue weighted by atomic mass is 10.0. The summed E-state index contributed by atoms with van der Waals surface area (Å²) in [6, 6.07) is 5.47. The maximum atomic E-state index is 11.4. The molecule has 0 bridgehead atoms. The number of hydrogen-bond donors (Lipinski definition) is 0. The van der Waals surface area contributed by atoms with Gasteiger partial charge in [-0.3, -0.25) is 4.79 Å². The van der Waals surface area contributed by atoms with Crippen LogP contribution in [0.2, 0.25) is 0 Å². The van der Waals surface area contributed by atoms with Gasteiger partial charge >= 0.3 is 5.97 Å². The fourth-order valence-corrected chi connectivity index (χ4v) is 1.54. The van der Waals surface area contributed by atoms with E-state index >= 15 is 0 Å². The van der Waals surface area contributed by atoms with Crippen molar-refractivity contribution in [2.24, 2.45) is 0 Å². The molecule has 0 aliphatic rings. The van der Waals surface area contributed by atoms with E-state index in [9.17, 15) is 4.79 Å².